The number of hydrogen-bond acceptors (Lipinski definition) is 2. The van der Waals surface area contributed by atoms with Gasteiger partial charge >= 0.3 is 0 Å². The molecule has 1 aromatic rings. The molecule has 0 fully saturated rings. The van der Waals surface area contributed by atoms with Crippen LogP contribution in [-0.2, 0) is 0 Å². The van der Waals surface area contributed by atoms with E-state index in [1.54, 1.807) is 0 Å². The van der Waals surface area contributed by atoms with Gasteiger partial charge in [0, 0.05) is 6.54 Å². The molecule has 0 amide bonds. The highest BCUT2D eigenvalue weighted by Crippen LogP contribution is 2.12. The van der Waals surface area contributed by atoms with Crippen molar-refractivity contribution >= 4 is 0 Å². The van der Waals surface area contributed by atoms with Gasteiger partial charge in [0.15, 0.2) is 0 Å². The summed E-state index contributed by atoms with van der Waals surface area (Å²) in [6.45, 7) is 5.51. The lowest BCUT2D eigenvalue weighted by atomic mass is 10.0. The summed E-state index contributed by atoms with van der Waals surface area (Å²) in [6, 6.07) is 10.7. The number of benzene rings is 1. The van der Waals surface area contributed by atoms with Gasteiger partial charge in [0.2, 0.25) is 0 Å². The molecule has 0 aliphatic carbocycles. The summed E-state index contributed by atoms with van der Waals surface area (Å²) in [7, 11) is 1.99. The Labute approximate surface area is 93.1 Å². The van der Waals surface area contributed by atoms with Crippen molar-refractivity contribution in [3.8, 4) is 0 Å². The van der Waals surface area contributed by atoms with Gasteiger partial charge in [-0.2, -0.15) is 0 Å². The maximum absolute atomic E-state index is 3.48. The quantitative estimate of drug-likeness (QED) is 0.667. The first-order valence-corrected chi connectivity index (χ1v) is 5.75. The number of hydrogen-bond donors (Lipinski definition) is 2. The summed E-state index contributed by atoms with van der Waals surface area (Å²) >= 11 is 0. The van der Waals surface area contributed by atoms with E-state index >= 15 is 0 Å². The molecule has 15 heavy (non-hydrogen) atoms. The van der Waals surface area contributed by atoms with Crippen molar-refractivity contribution in [2.75, 3.05) is 26.7 Å². The molecule has 0 aliphatic rings. The monoisotopic (exact) mass is 206 g/mol. The van der Waals surface area contributed by atoms with Crippen LogP contribution in [0.3, 0.4) is 0 Å². The van der Waals surface area contributed by atoms with E-state index in [-0.39, 0.29) is 0 Å². The van der Waals surface area contributed by atoms with Crippen LogP contribution in [0.1, 0.15) is 24.8 Å². The molecule has 0 heterocycles. The number of rotatable bonds is 7. The second-order valence-electron chi connectivity index (χ2n) is 3.97. The Bertz CT molecular complexity index is 246. The Morgan fingerprint density at radius 1 is 1.13 bits per heavy atom. The van der Waals surface area contributed by atoms with Gasteiger partial charge in [-0.05, 0) is 38.0 Å². The van der Waals surface area contributed by atoms with Crippen molar-refractivity contribution in [2.45, 2.75) is 19.3 Å². The van der Waals surface area contributed by atoms with E-state index in [9.17, 15) is 0 Å². The van der Waals surface area contributed by atoms with Crippen LogP contribution < -0.4 is 10.6 Å². The second-order valence-corrected chi connectivity index (χ2v) is 3.97. The van der Waals surface area contributed by atoms with Crippen LogP contribution in [-0.4, -0.2) is 26.7 Å². The van der Waals surface area contributed by atoms with Crippen LogP contribution in [0.2, 0.25) is 0 Å². The fourth-order valence-corrected chi connectivity index (χ4v) is 1.61. The topological polar surface area (TPSA) is 24.1 Å². The molecular formula is C13H22N2. The largest absolute Gasteiger partial charge is 0.320 e. The molecule has 1 rings (SSSR count). The highest BCUT2D eigenvalue weighted by atomic mass is 14.9. The van der Waals surface area contributed by atoms with Crippen LogP contribution in [0.5, 0.6) is 0 Å². The molecule has 2 heteroatoms. The second kappa shape index (κ2) is 7.43. The Hall–Kier alpha value is -0.860. The van der Waals surface area contributed by atoms with Gasteiger partial charge < -0.3 is 10.6 Å². The molecule has 0 saturated carbocycles. The van der Waals surface area contributed by atoms with Gasteiger partial charge in [-0.25, -0.2) is 0 Å². The van der Waals surface area contributed by atoms with E-state index in [2.05, 4.69) is 47.9 Å². The fraction of sp³-hybridized carbons (Fsp3) is 0.538. The fourth-order valence-electron chi connectivity index (χ4n) is 1.61. The third-order valence-corrected chi connectivity index (χ3v) is 2.60. The van der Waals surface area contributed by atoms with Gasteiger partial charge in [-0.1, -0.05) is 37.3 Å². The Balaban J connectivity index is 2.16. The zero-order chi connectivity index (χ0) is 10.9. The summed E-state index contributed by atoms with van der Waals surface area (Å²) < 4.78 is 0. The molecule has 1 atom stereocenters. The molecule has 0 bridgehead atoms. The minimum absolute atomic E-state index is 0.598. The molecule has 2 N–H and O–H groups in total. The van der Waals surface area contributed by atoms with Crippen LogP contribution in [0.4, 0.5) is 0 Å². The van der Waals surface area contributed by atoms with Crippen LogP contribution in [0.25, 0.3) is 0 Å². The van der Waals surface area contributed by atoms with Crippen molar-refractivity contribution in [1.29, 1.82) is 0 Å². The predicted octanol–water partition coefficient (Wildman–Crippen LogP) is 1.99. The van der Waals surface area contributed by atoms with Crippen molar-refractivity contribution in [3.05, 3.63) is 35.9 Å². The van der Waals surface area contributed by atoms with E-state index in [1.165, 1.54) is 12.0 Å². The lowest BCUT2D eigenvalue weighted by Crippen LogP contribution is -2.23. The molecular weight excluding hydrogens is 184 g/mol. The minimum atomic E-state index is 0.598. The highest BCUT2D eigenvalue weighted by molar-refractivity contribution is 5.18. The van der Waals surface area contributed by atoms with E-state index < -0.39 is 0 Å². The minimum Gasteiger partial charge on any atom is -0.320 e. The molecule has 0 aromatic heterocycles. The normalized spacial score (nSPS) is 12.7. The van der Waals surface area contributed by atoms with E-state index in [0.717, 1.165) is 19.6 Å². The first kappa shape index (κ1) is 12.2. The van der Waals surface area contributed by atoms with Crippen molar-refractivity contribution < 1.29 is 0 Å². The highest BCUT2D eigenvalue weighted by Gasteiger charge is 2.02. The third kappa shape index (κ3) is 4.96. The SMILES string of the molecule is CNCCCNC[C@H](C)c1ccccc1. The predicted molar refractivity (Wildman–Crippen MR) is 66.3 cm³/mol. The molecule has 0 aliphatic heterocycles. The summed E-state index contributed by atoms with van der Waals surface area (Å²) in [4.78, 5) is 0. The van der Waals surface area contributed by atoms with Gasteiger partial charge in [-0.3, -0.25) is 0 Å². The Kier molecular flexibility index (Phi) is 6.05. The average molecular weight is 206 g/mol. The molecule has 0 saturated heterocycles. The van der Waals surface area contributed by atoms with Gasteiger partial charge in [-0.15, -0.1) is 0 Å². The summed E-state index contributed by atoms with van der Waals surface area (Å²) in [5.41, 5.74) is 1.42. The van der Waals surface area contributed by atoms with Crippen LogP contribution >= 0.6 is 0 Å². The smallest absolute Gasteiger partial charge is 0.00174 e. The van der Waals surface area contributed by atoms with E-state index in [4.69, 9.17) is 0 Å². The van der Waals surface area contributed by atoms with E-state index in [1.807, 2.05) is 7.05 Å². The van der Waals surface area contributed by atoms with Gasteiger partial charge in [0.05, 0.1) is 0 Å². The first-order valence-electron chi connectivity index (χ1n) is 5.75. The molecule has 0 radical (unpaired) electrons. The summed E-state index contributed by atoms with van der Waals surface area (Å²) in [5.74, 6) is 0.598. The molecule has 1 aromatic carbocycles. The summed E-state index contributed by atoms with van der Waals surface area (Å²) in [5, 5.41) is 6.63. The Morgan fingerprint density at radius 3 is 2.53 bits per heavy atom. The van der Waals surface area contributed by atoms with Gasteiger partial charge in [0.1, 0.15) is 0 Å². The lowest BCUT2D eigenvalue weighted by Gasteiger charge is -2.12. The van der Waals surface area contributed by atoms with Crippen molar-refractivity contribution in [3.63, 3.8) is 0 Å². The zero-order valence-electron chi connectivity index (χ0n) is 9.79. The zero-order valence-corrected chi connectivity index (χ0v) is 9.79. The average Bonchev–Trinajstić information content (AvgIpc) is 2.30. The Morgan fingerprint density at radius 2 is 1.87 bits per heavy atom. The first-order chi connectivity index (χ1) is 7.34. The van der Waals surface area contributed by atoms with Crippen LogP contribution in [0.15, 0.2) is 30.3 Å². The molecule has 0 spiro atoms. The molecule has 0 unspecified atom stereocenters. The van der Waals surface area contributed by atoms with Crippen LogP contribution in [0, 0.1) is 0 Å². The van der Waals surface area contributed by atoms with Gasteiger partial charge in [0.25, 0.3) is 0 Å². The maximum atomic E-state index is 3.48. The standard InChI is InChI=1S/C13H22N2/c1-12(11-15-10-6-9-14-2)13-7-4-3-5-8-13/h3-5,7-8,12,14-15H,6,9-11H2,1-2H3/t12-/m0/s1. The van der Waals surface area contributed by atoms with Crippen molar-refractivity contribution in [2.24, 2.45) is 0 Å². The molecule has 84 valence electrons. The maximum Gasteiger partial charge on any atom is 0.00174 e. The van der Waals surface area contributed by atoms with E-state index in [0.29, 0.717) is 5.92 Å². The summed E-state index contributed by atoms with van der Waals surface area (Å²) in [6.07, 6.45) is 1.19. The number of nitrogens with one attached hydrogen (secondary N) is 2. The molecule has 2 nitrogen and oxygen atoms in total. The lowest BCUT2D eigenvalue weighted by molar-refractivity contribution is 0.584. The van der Waals surface area contributed by atoms with Crippen molar-refractivity contribution in [1.82, 2.24) is 10.6 Å². The third-order valence-electron chi connectivity index (χ3n) is 2.60.